The fraction of sp³-hybridized carbons (Fsp3) is 0.474. The van der Waals surface area contributed by atoms with Crippen LogP contribution >= 0.6 is 0 Å². The Balaban J connectivity index is 1.95. The second kappa shape index (κ2) is 10.6. The van der Waals surface area contributed by atoms with Crippen molar-refractivity contribution in [2.45, 2.75) is 12.5 Å². The summed E-state index contributed by atoms with van der Waals surface area (Å²) in [4.78, 5) is 26.3. The molecule has 0 spiro atoms. The topological polar surface area (TPSA) is 79.9 Å². The van der Waals surface area contributed by atoms with E-state index >= 15 is 0 Å². The van der Waals surface area contributed by atoms with E-state index in [-0.39, 0.29) is 18.2 Å². The molecule has 0 aromatic heterocycles. The van der Waals surface area contributed by atoms with E-state index in [4.69, 9.17) is 9.47 Å². The maximum Gasteiger partial charge on any atom is 0.237 e. The van der Waals surface area contributed by atoms with Crippen LogP contribution in [0.15, 0.2) is 30.3 Å². The molecule has 1 aromatic rings. The van der Waals surface area contributed by atoms with Crippen LogP contribution in [-0.2, 0) is 14.3 Å². The number of hydrogen-bond acceptors (Lipinski definition) is 5. The number of methoxy groups -OCH3 is 2. The molecule has 0 bridgehead atoms. The fourth-order valence-corrected chi connectivity index (χ4v) is 2.86. The zero-order chi connectivity index (χ0) is 18.8. The summed E-state index contributed by atoms with van der Waals surface area (Å²) in [5.74, 6) is 0.542. The molecular formula is C19H27N3O4. The molecule has 1 unspecified atom stereocenters. The van der Waals surface area contributed by atoms with Gasteiger partial charge in [0.2, 0.25) is 11.8 Å². The van der Waals surface area contributed by atoms with Crippen molar-refractivity contribution in [3.8, 4) is 5.75 Å². The normalized spacial score (nSPS) is 17.9. The third-order valence-electron chi connectivity index (χ3n) is 4.23. The van der Waals surface area contributed by atoms with E-state index in [2.05, 4.69) is 10.6 Å². The molecule has 1 heterocycles. The predicted octanol–water partition coefficient (Wildman–Crippen LogP) is 0.662. The van der Waals surface area contributed by atoms with Crippen molar-refractivity contribution >= 4 is 17.9 Å². The van der Waals surface area contributed by atoms with Crippen molar-refractivity contribution in [1.82, 2.24) is 15.5 Å². The van der Waals surface area contributed by atoms with Crippen LogP contribution in [0.2, 0.25) is 0 Å². The van der Waals surface area contributed by atoms with Crippen LogP contribution in [0.4, 0.5) is 0 Å². The molecular weight excluding hydrogens is 334 g/mol. The Hall–Kier alpha value is -2.38. The molecule has 1 fully saturated rings. The first-order valence-electron chi connectivity index (χ1n) is 8.72. The maximum atomic E-state index is 12.2. The number of carbonyl (C=O) groups excluding carboxylic acids is 2. The van der Waals surface area contributed by atoms with Crippen molar-refractivity contribution in [1.29, 1.82) is 0 Å². The molecule has 2 rings (SSSR count). The minimum atomic E-state index is -0.464. The van der Waals surface area contributed by atoms with Crippen molar-refractivity contribution in [3.63, 3.8) is 0 Å². The number of benzene rings is 1. The summed E-state index contributed by atoms with van der Waals surface area (Å²) in [5.41, 5.74) is 0.977. The zero-order valence-corrected chi connectivity index (χ0v) is 15.4. The summed E-state index contributed by atoms with van der Waals surface area (Å²) in [6.07, 6.45) is 4.10. The van der Waals surface area contributed by atoms with Gasteiger partial charge in [-0.2, -0.15) is 0 Å². The van der Waals surface area contributed by atoms with Crippen LogP contribution in [0.25, 0.3) is 6.08 Å². The van der Waals surface area contributed by atoms with Gasteiger partial charge in [-0.05, 0) is 6.07 Å². The second-order valence-corrected chi connectivity index (χ2v) is 5.99. The lowest BCUT2D eigenvalue weighted by Crippen LogP contribution is -2.56. The average molecular weight is 361 g/mol. The van der Waals surface area contributed by atoms with Gasteiger partial charge in [0.15, 0.2) is 0 Å². The first kappa shape index (κ1) is 19.9. The number of amides is 2. The zero-order valence-electron chi connectivity index (χ0n) is 15.4. The van der Waals surface area contributed by atoms with Crippen molar-refractivity contribution < 1.29 is 19.1 Å². The Kier molecular flexibility index (Phi) is 8.11. The number of hydrogen-bond donors (Lipinski definition) is 2. The molecule has 2 amide bonds. The molecule has 142 valence electrons. The molecule has 1 aliphatic heterocycles. The first-order chi connectivity index (χ1) is 12.7. The summed E-state index contributed by atoms with van der Waals surface area (Å²) in [6, 6.07) is 7.28. The number of ether oxygens (including phenoxy) is 2. The molecule has 26 heavy (non-hydrogen) atoms. The highest BCUT2D eigenvalue weighted by Gasteiger charge is 2.30. The van der Waals surface area contributed by atoms with E-state index in [0.717, 1.165) is 11.3 Å². The Morgan fingerprint density at radius 2 is 2.19 bits per heavy atom. The molecule has 0 radical (unpaired) electrons. The van der Waals surface area contributed by atoms with Gasteiger partial charge in [-0.1, -0.05) is 30.4 Å². The molecule has 7 heteroatoms. The van der Waals surface area contributed by atoms with Crippen LogP contribution < -0.4 is 15.4 Å². The van der Waals surface area contributed by atoms with Gasteiger partial charge in [0.1, 0.15) is 5.75 Å². The quantitative estimate of drug-likeness (QED) is 0.632. The number of piperazine rings is 1. The number of rotatable bonds is 9. The Bertz CT molecular complexity index is 633. The minimum Gasteiger partial charge on any atom is -0.496 e. The summed E-state index contributed by atoms with van der Waals surface area (Å²) in [7, 11) is 3.22. The van der Waals surface area contributed by atoms with Gasteiger partial charge in [-0.3, -0.25) is 14.5 Å². The van der Waals surface area contributed by atoms with Gasteiger partial charge in [0.25, 0.3) is 0 Å². The Morgan fingerprint density at radius 1 is 1.38 bits per heavy atom. The van der Waals surface area contributed by atoms with E-state index in [1.807, 2.05) is 41.3 Å². The monoisotopic (exact) mass is 361 g/mol. The van der Waals surface area contributed by atoms with Gasteiger partial charge >= 0.3 is 0 Å². The van der Waals surface area contributed by atoms with Gasteiger partial charge < -0.3 is 20.1 Å². The lowest BCUT2D eigenvalue weighted by atomic mass is 10.1. The smallest absolute Gasteiger partial charge is 0.237 e. The van der Waals surface area contributed by atoms with E-state index < -0.39 is 6.04 Å². The van der Waals surface area contributed by atoms with Crippen molar-refractivity contribution in [2.24, 2.45) is 0 Å². The number of nitrogens with one attached hydrogen (secondary N) is 2. The van der Waals surface area contributed by atoms with E-state index in [0.29, 0.717) is 32.8 Å². The van der Waals surface area contributed by atoms with Gasteiger partial charge in [-0.25, -0.2) is 0 Å². The largest absolute Gasteiger partial charge is 0.496 e. The average Bonchev–Trinajstić information content (AvgIpc) is 2.65. The molecule has 1 atom stereocenters. The van der Waals surface area contributed by atoms with Gasteiger partial charge in [0.05, 0.1) is 26.2 Å². The minimum absolute atomic E-state index is 0.108. The third-order valence-corrected chi connectivity index (χ3v) is 4.23. The molecule has 1 aromatic carbocycles. The Labute approximate surface area is 154 Å². The Morgan fingerprint density at radius 3 is 2.96 bits per heavy atom. The highest BCUT2D eigenvalue weighted by molar-refractivity contribution is 5.88. The number of carbonyl (C=O) groups is 2. The molecule has 0 aliphatic carbocycles. The molecule has 0 saturated carbocycles. The van der Waals surface area contributed by atoms with Crippen LogP contribution in [-0.4, -0.2) is 69.8 Å². The number of nitrogens with zero attached hydrogens (tertiary/aromatic N) is 1. The SMILES string of the molecule is COCCNC(=O)CC1C(=O)NCCN1C/C=C/c1ccccc1OC. The van der Waals surface area contributed by atoms with E-state index in [9.17, 15) is 9.59 Å². The van der Waals surface area contributed by atoms with Gasteiger partial charge in [0, 0.05) is 38.9 Å². The molecule has 7 nitrogen and oxygen atoms in total. The highest BCUT2D eigenvalue weighted by Crippen LogP contribution is 2.19. The maximum absolute atomic E-state index is 12.2. The molecule has 2 N–H and O–H groups in total. The molecule has 1 aliphatic rings. The molecule has 1 saturated heterocycles. The fourth-order valence-electron chi connectivity index (χ4n) is 2.86. The van der Waals surface area contributed by atoms with E-state index in [1.165, 1.54) is 0 Å². The second-order valence-electron chi connectivity index (χ2n) is 5.99. The van der Waals surface area contributed by atoms with E-state index in [1.54, 1.807) is 14.2 Å². The van der Waals surface area contributed by atoms with Crippen LogP contribution in [0.3, 0.4) is 0 Å². The lowest BCUT2D eigenvalue weighted by molar-refractivity contribution is -0.133. The predicted molar refractivity (Wildman–Crippen MR) is 99.9 cm³/mol. The highest BCUT2D eigenvalue weighted by atomic mass is 16.5. The van der Waals surface area contributed by atoms with Crippen LogP contribution in [0.1, 0.15) is 12.0 Å². The third kappa shape index (κ3) is 5.86. The summed E-state index contributed by atoms with van der Waals surface area (Å²) in [6.45, 7) is 2.77. The summed E-state index contributed by atoms with van der Waals surface area (Å²) >= 11 is 0. The van der Waals surface area contributed by atoms with Crippen LogP contribution in [0.5, 0.6) is 5.75 Å². The van der Waals surface area contributed by atoms with Gasteiger partial charge in [-0.15, -0.1) is 0 Å². The lowest BCUT2D eigenvalue weighted by Gasteiger charge is -2.33. The standard InChI is InChI=1S/C19H27N3O4/c1-25-13-10-20-18(23)14-16-19(24)21-9-12-22(16)11-5-7-15-6-3-4-8-17(15)26-2/h3-8,16H,9-14H2,1-2H3,(H,20,23)(H,21,24)/b7-5+. The summed E-state index contributed by atoms with van der Waals surface area (Å²) in [5, 5.41) is 5.60. The van der Waals surface area contributed by atoms with Crippen LogP contribution in [0, 0.1) is 0 Å². The van der Waals surface area contributed by atoms with Crippen molar-refractivity contribution in [3.05, 3.63) is 35.9 Å². The summed E-state index contributed by atoms with van der Waals surface area (Å²) < 4.78 is 10.2. The number of para-hydroxylation sites is 1. The first-order valence-corrected chi connectivity index (χ1v) is 8.72. The van der Waals surface area contributed by atoms with Crippen molar-refractivity contribution in [2.75, 3.05) is 47.0 Å².